The smallest absolute Gasteiger partial charge is 0.227 e. The lowest BCUT2D eigenvalue weighted by atomic mass is 10.1. The summed E-state index contributed by atoms with van der Waals surface area (Å²) in [5.74, 6) is 1.04. The highest BCUT2D eigenvalue weighted by atomic mass is 19.1. The van der Waals surface area contributed by atoms with Crippen LogP contribution in [-0.2, 0) is 6.42 Å². The Bertz CT molecular complexity index is 512. The van der Waals surface area contributed by atoms with Crippen molar-refractivity contribution in [2.45, 2.75) is 26.3 Å². The Morgan fingerprint density at radius 2 is 2.28 bits per heavy atom. The number of nitrogens with zero attached hydrogens (tertiary/aromatic N) is 2. The Hall–Kier alpha value is -1.75. The Morgan fingerprint density at radius 1 is 1.44 bits per heavy atom. The first-order valence-corrected chi connectivity index (χ1v) is 5.93. The number of halogens is 1. The van der Waals surface area contributed by atoms with Crippen molar-refractivity contribution in [2.24, 2.45) is 0 Å². The molecule has 5 heteroatoms. The van der Waals surface area contributed by atoms with Crippen LogP contribution in [0.25, 0.3) is 0 Å². The molecule has 0 saturated carbocycles. The van der Waals surface area contributed by atoms with Gasteiger partial charge in [0.15, 0.2) is 5.82 Å². The molecular formula is C13H16FN3O. The fraction of sp³-hybridized carbons (Fsp3) is 0.385. The zero-order valence-corrected chi connectivity index (χ0v) is 10.5. The predicted molar refractivity (Wildman–Crippen MR) is 65.6 cm³/mol. The first-order chi connectivity index (χ1) is 8.65. The SMILES string of the molecule is Cc1noc(CCN[C@H](C)c2cccc(F)c2)n1. The van der Waals surface area contributed by atoms with Crippen molar-refractivity contribution >= 4 is 0 Å². The van der Waals surface area contributed by atoms with Gasteiger partial charge < -0.3 is 9.84 Å². The Balaban J connectivity index is 1.83. The van der Waals surface area contributed by atoms with E-state index in [4.69, 9.17) is 4.52 Å². The van der Waals surface area contributed by atoms with Crippen LogP contribution in [0.15, 0.2) is 28.8 Å². The molecule has 0 fully saturated rings. The number of aromatic nitrogens is 2. The highest BCUT2D eigenvalue weighted by Crippen LogP contribution is 2.13. The molecule has 1 aromatic heterocycles. The monoisotopic (exact) mass is 249 g/mol. The maximum absolute atomic E-state index is 13.1. The fourth-order valence-electron chi connectivity index (χ4n) is 1.73. The number of hydrogen-bond donors (Lipinski definition) is 1. The minimum Gasteiger partial charge on any atom is -0.339 e. The highest BCUT2D eigenvalue weighted by molar-refractivity contribution is 5.19. The third-order valence-corrected chi connectivity index (χ3v) is 2.71. The molecule has 2 rings (SSSR count). The van der Waals surface area contributed by atoms with E-state index < -0.39 is 0 Å². The maximum Gasteiger partial charge on any atom is 0.227 e. The van der Waals surface area contributed by atoms with Gasteiger partial charge in [0.2, 0.25) is 5.89 Å². The van der Waals surface area contributed by atoms with E-state index in [1.165, 1.54) is 12.1 Å². The molecule has 2 aromatic rings. The van der Waals surface area contributed by atoms with Crippen molar-refractivity contribution in [3.8, 4) is 0 Å². The molecule has 0 bridgehead atoms. The summed E-state index contributed by atoms with van der Waals surface area (Å²) in [7, 11) is 0. The first kappa shape index (κ1) is 12.7. The molecule has 0 saturated heterocycles. The molecule has 1 heterocycles. The average Bonchev–Trinajstić information content (AvgIpc) is 2.75. The summed E-state index contributed by atoms with van der Waals surface area (Å²) in [6.07, 6.45) is 0.667. The van der Waals surface area contributed by atoms with E-state index in [0.29, 0.717) is 24.7 Å². The normalized spacial score (nSPS) is 12.6. The molecule has 96 valence electrons. The zero-order valence-electron chi connectivity index (χ0n) is 10.5. The van der Waals surface area contributed by atoms with Gasteiger partial charge in [-0.2, -0.15) is 4.98 Å². The van der Waals surface area contributed by atoms with Crippen LogP contribution in [0.3, 0.4) is 0 Å². The van der Waals surface area contributed by atoms with E-state index in [9.17, 15) is 4.39 Å². The van der Waals surface area contributed by atoms with Gasteiger partial charge in [-0.25, -0.2) is 4.39 Å². The lowest BCUT2D eigenvalue weighted by Gasteiger charge is -2.13. The summed E-state index contributed by atoms with van der Waals surface area (Å²) in [6.45, 7) is 4.49. The van der Waals surface area contributed by atoms with Crippen molar-refractivity contribution < 1.29 is 8.91 Å². The second-order valence-corrected chi connectivity index (χ2v) is 4.22. The molecule has 0 amide bonds. The third-order valence-electron chi connectivity index (χ3n) is 2.71. The van der Waals surface area contributed by atoms with Gasteiger partial charge in [0.05, 0.1) is 0 Å². The largest absolute Gasteiger partial charge is 0.339 e. The van der Waals surface area contributed by atoms with Gasteiger partial charge in [-0.05, 0) is 31.5 Å². The highest BCUT2D eigenvalue weighted by Gasteiger charge is 2.07. The summed E-state index contributed by atoms with van der Waals surface area (Å²) in [6, 6.07) is 6.68. The van der Waals surface area contributed by atoms with E-state index in [2.05, 4.69) is 15.5 Å². The second kappa shape index (κ2) is 5.73. The predicted octanol–water partition coefficient (Wildman–Crippen LogP) is 2.41. The third kappa shape index (κ3) is 3.37. The number of nitrogens with one attached hydrogen (secondary N) is 1. The van der Waals surface area contributed by atoms with Crippen molar-refractivity contribution in [1.29, 1.82) is 0 Å². The van der Waals surface area contributed by atoms with Gasteiger partial charge in [0.25, 0.3) is 0 Å². The van der Waals surface area contributed by atoms with E-state index in [1.54, 1.807) is 13.0 Å². The van der Waals surface area contributed by atoms with Gasteiger partial charge in [0, 0.05) is 19.0 Å². The molecule has 1 atom stereocenters. The Kier molecular flexibility index (Phi) is 4.04. The van der Waals surface area contributed by atoms with Crippen LogP contribution >= 0.6 is 0 Å². The van der Waals surface area contributed by atoms with E-state index in [1.807, 2.05) is 13.0 Å². The Morgan fingerprint density at radius 3 is 2.94 bits per heavy atom. The van der Waals surface area contributed by atoms with Crippen molar-refractivity contribution in [3.05, 3.63) is 47.4 Å². The molecule has 0 spiro atoms. The van der Waals surface area contributed by atoms with Gasteiger partial charge in [0.1, 0.15) is 5.82 Å². The zero-order chi connectivity index (χ0) is 13.0. The Labute approximate surface area is 105 Å². The van der Waals surface area contributed by atoms with Crippen molar-refractivity contribution in [3.63, 3.8) is 0 Å². The average molecular weight is 249 g/mol. The second-order valence-electron chi connectivity index (χ2n) is 4.22. The summed E-state index contributed by atoms with van der Waals surface area (Å²) < 4.78 is 18.1. The molecule has 4 nitrogen and oxygen atoms in total. The molecule has 0 unspecified atom stereocenters. The summed E-state index contributed by atoms with van der Waals surface area (Å²) >= 11 is 0. The molecule has 0 aliphatic carbocycles. The van der Waals surface area contributed by atoms with Crippen LogP contribution in [0.4, 0.5) is 4.39 Å². The van der Waals surface area contributed by atoms with Crippen LogP contribution in [0.2, 0.25) is 0 Å². The van der Waals surface area contributed by atoms with Crippen LogP contribution in [0.1, 0.15) is 30.2 Å². The van der Waals surface area contributed by atoms with Crippen molar-refractivity contribution in [2.75, 3.05) is 6.54 Å². The summed E-state index contributed by atoms with van der Waals surface area (Å²) in [5, 5.41) is 7.01. The molecule has 0 aliphatic heterocycles. The first-order valence-electron chi connectivity index (χ1n) is 5.93. The van der Waals surface area contributed by atoms with Crippen molar-refractivity contribution in [1.82, 2.24) is 15.5 Å². The van der Waals surface area contributed by atoms with E-state index in [-0.39, 0.29) is 11.9 Å². The lowest BCUT2D eigenvalue weighted by Crippen LogP contribution is -2.21. The molecule has 1 N–H and O–H groups in total. The number of rotatable bonds is 5. The topological polar surface area (TPSA) is 51.0 Å². The molecule has 18 heavy (non-hydrogen) atoms. The van der Waals surface area contributed by atoms with Crippen LogP contribution < -0.4 is 5.32 Å². The van der Waals surface area contributed by atoms with Gasteiger partial charge >= 0.3 is 0 Å². The summed E-state index contributed by atoms with van der Waals surface area (Å²) in [5.41, 5.74) is 0.928. The van der Waals surface area contributed by atoms with Crippen LogP contribution in [0.5, 0.6) is 0 Å². The minimum absolute atomic E-state index is 0.0877. The quantitative estimate of drug-likeness (QED) is 0.884. The lowest BCUT2D eigenvalue weighted by molar-refractivity contribution is 0.370. The molecule has 0 radical (unpaired) electrons. The summed E-state index contributed by atoms with van der Waals surface area (Å²) in [4.78, 5) is 4.12. The van der Waals surface area contributed by atoms with E-state index >= 15 is 0 Å². The molecule has 1 aromatic carbocycles. The van der Waals surface area contributed by atoms with Crippen LogP contribution in [-0.4, -0.2) is 16.7 Å². The minimum atomic E-state index is -0.214. The molecule has 0 aliphatic rings. The fourth-order valence-corrected chi connectivity index (χ4v) is 1.73. The van der Waals surface area contributed by atoms with Gasteiger partial charge in [-0.15, -0.1) is 0 Å². The maximum atomic E-state index is 13.1. The number of aryl methyl sites for hydroxylation is 1. The number of benzene rings is 1. The standard InChI is InChI=1S/C13H16FN3O/c1-9(11-4-3-5-12(14)8-11)15-7-6-13-16-10(2)17-18-13/h3-5,8-9,15H,6-7H2,1-2H3/t9-/m1/s1. The van der Waals surface area contributed by atoms with Gasteiger partial charge in [-0.3, -0.25) is 0 Å². The van der Waals surface area contributed by atoms with E-state index in [0.717, 1.165) is 5.56 Å². The van der Waals surface area contributed by atoms with Crippen LogP contribution in [0, 0.1) is 12.7 Å². The van der Waals surface area contributed by atoms with Gasteiger partial charge in [-0.1, -0.05) is 17.3 Å². The molecular weight excluding hydrogens is 233 g/mol. The number of hydrogen-bond acceptors (Lipinski definition) is 4.